The molecule has 0 saturated carbocycles. The van der Waals surface area contributed by atoms with Gasteiger partial charge in [0.15, 0.2) is 0 Å². The van der Waals surface area contributed by atoms with Gasteiger partial charge < -0.3 is 38.6 Å². The third-order valence-corrected chi connectivity index (χ3v) is 9.25. The molecule has 15 heteroatoms. The number of amides is 1. The summed E-state index contributed by atoms with van der Waals surface area (Å²) in [5.41, 5.74) is 3.10. The molecule has 1 amide bonds. The summed E-state index contributed by atoms with van der Waals surface area (Å²) in [7, 11) is -0.0479. The summed E-state index contributed by atoms with van der Waals surface area (Å²) in [6, 6.07) is 10.6. The summed E-state index contributed by atoms with van der Waals surface area (Å²) in [6.45, 7) is 6.33. The summed E-state index contributed by atoms with van der Waals surface area (Å²) in [4.78, 5) is 14.1. The van der Waals surface area contributed by atoms with Crippen molar-refractivity contribution in [1.82, 2.24) is 14.9 Å². The number of nitrogens with one attached hydrogen (secondary N) is 2. The van der Waals surface area contributed by atoms with Crippen molar-refractivity contribution in [3.05, 3.63) is 63.1 Å². The van der Waals surface area contributed by atoms with Crippen LogP contribution in [0.4, 0.5) is 0 Å². The maximum Gasteiger partial charge on any atom is 0.240 e. The molecule has 1 aliphatic rings. The topological polar surface area (TPSA) is 134 Å². The molecule has 2 aromatic carbocycles. The third kappa shape index (κ3) is 14.6. The molecule has 0 saturated heterocycles. The molecule has 264 valence electrons. The van der Waals surface area contributed by atoms with E-state index in [-0.39, 0.29) is 36.3 Å². The Kier molecular flexibility index (Phi) is 18.5. The predicted molar refractivity (Wildman–Crippen MR) is 180 cm³/mol. The highest BCUT2D eigenvalue weighted by Gasteiger charge is 2.27. The molecular weight excluding hydrogens is 673 g/mol. The average Bonchev–Trinajstić information content (AvgIpc) is 3.04. The summed E-state index contributed by atoms with van der Waals surface area (Å²) >= 11 is 12.8. The standard InChI is InChI=1S/C32H47Cl2N3O9S/c1-37-23-29(28-21-26(33)22-31(34)30(28)24-37)25-3-5-27(6-4-25)47(39,40)36-9-12-44-17-20-46-19-16-43-11-8-35-32(38)7-10-42-15-18-45-14-13-41-2/h3-6,21-22,29,36H,7-20,23-24H2,1-2H3,(H,35,38). The van der Waals surface area contributed by atoms with Crippen molar-refractivity contribution in [1.29, 1.82) is 0 Å². The summed E-state index contributed by atoms with van der Waals surface area (Å²) in [5.74, 6) is -0.0760. The molecule has 3 rings (SSSR count). The highest BCUT2D eigenvalue weighted by molar-refractivity contribution is 7.89. The number of carbonyl (C=O) groups is 1. The van der Waals surface area contributed by atoms with Gasteiger partial charge in [0.25, 0.3) is 0 Å². The van der Waals surface area contributed by atoms with Crippen molar-refractivity contribution >= 4 is 39.1 Å². The number of rotatable bonds is 24. The normalized spacial score (nSPS) is 15.1. The van der Waals surface area contributed by atoms with E-state index in [1.54, 1.807) is 25.3 Å². The van der Waals surface area contributed by atoms with Crippen LogP contribution in [0.15, 0.2) is 41.3 Å². The molecule has 0 radical (unpaired) electrons. The van der Waals surface area contributed by atoms with Gasteiger partial charge in [-0.05, 0) is 48.0 Å². The first-order valence-electron chi connectivity index (χ1n) is 15.6. The zero-order valence-electron chi connectivity index (χ0n) is 27.1. The second kappa shape index (κ2) is 22.0. The van der Waals surface area contributed by atoms with Gasteiger partial charge >= 0.3 is 0 Å². The minimum Gasteiger partial charge on any atom is -0.382 e. The minimum absolute atomic E-state index is 0.0268. The lowest BCUT2D eigenvalue weighted by Crippen LogP contribution is -2.31. The lowest BCUT2D eigenvalue weighted by molar-refractivity contribution is -0.122. The van der Waals surface area contributed by atoms with Crippen LogP contribution in [-0.2, 0) is 49.8 Å². The monoisotopic (exact) mass is 719 g/mol. The van der Waals surface area contributed by atoms with Crippen molar-refractivity contribution in [2.45, 2.75) is 23.8 Å². The van der Waals surface area contributed by atoms with E-state index >= 15 is 0 Å². The Balaban J connectivity index is 1.20. The van der Waals surface area contributed by atoms with Gasteiger partial charge in [-0.15, -0.1) is 0 Å². The van der Waals surface area contributed by atoms with E-state index in [1.807, 2.05) is 25.2 Å². The molecule has 47 heavy (non-hydrogen) atoms. The fraction of sp³-hybridized carbons (Fsp3) is 0.594. The number of methoxy groups -OCH3 is 1. The molecule has 0 fully saturated rings. The number of hydrogen-bond acceptors (Lipinski definition) is 10. The maximum absolute atomic E-state index is 12.8. The van der Waals surface area contributed by atoms with Crippen LogP contribution in [0.25, 0.3) is 0 Å². The molecule has 2 aromatic rings. The van der Waals surface area contributed by atoms with E-state index in [1.165, 1.54) is 0 Å². The number of nitrogens with zero attached hydrogens (tertiary/aromatic N) is 1. The summed E-state index contributed by atoms with van der Waals surface area (Å²) < 4.78 is 60.1. The lowest BCUT2D eigenvalue weighted by atomic mass is 9.85. The van der Waals surface area contributed by atoms with Crippen LogP contribution in [0.5, 0.6) is 0 Å². The lowest BCUT2D eigenvalue weighted by Gasteiger charge is -2.33. The first kappa shape index (κ1) is 39.6. The molecule has 1 unspecified atom stereocenters. The van der Waals surface area contributed by atoms with Crippen molar-refractivity contribution in [3.8, 4) is 0 Å². The van der Waals surface area contributed by atoms with E-state index in [2.05, 4.69) is 14.9 Å². The number of benzene rings is 2. The number of ether oxygens (including phenoxy) is 6. The van der Waals surface area contributed by atoms with Crippen molar-refractivity contribution < 1.29 is 41.6 Å². The molecule has 0 bridgehead atoms. The number of carbonyl (C=O) groups excluding carboxylic acids is 1. The zero-order valence-corrected chi connectivity index (χ0v) is 29.5. The van der Waals surface area contributed by atoms with Crippen LogP contribution >= 0.6 is 23.2 Å². The molecule has 0 aliphatic carbocycles. The Labute approximate surface area is 288 Å². The zero-order chi connectivity index (χ0) is 33.9. The van der Waals surface area contributed by atoms with E-state index in [0.717, 1.165) is 29.8 Å². The molecule has 1 aliphatic heterocycles. The Morgan fingerprint density at radius 2 is 1.40 bits per heavy atom. The highest BCUT2D eigenvalue weighted by Crippen LogP contribution is 2.38. The van der Waals surface area contributed by atoms with Gasteiger partial charge in [-0.3, -0.25) is 4.79 Å². The van der Waals surface area contributed by atoms with Gasteiger partial charge in [0.2, 0.25) is 15.9 Å². The van der Waals surface area contributed by atoms with Crippen molar-refractivity contribution in [3.63, 3.8) is 0 Å². The van der Waals surface area contributed by atoms with E-state index in [0.29, 0.717) is 82.7 Å². The van der Waals surface area contributed by atoms with Crippen LogP contribution in [0.3, 0.4) is 0 Å². The fourth-order valence-electron chi connectivity index (χ4n) is 4.86. The van der Waals surface area contributed by atoms with Crippen LogP contribution in [-0.4, -0.2) is 126 Å². The predicted octanol–water partition coefficient (Wildman–Crippen LogP) is 3.08. The van der Waals surface area contributed by atoms with E-state index < -0.39 is 10.0 Å². The first-order chi connectivity index (χ1) is 22.7. The molecule has 12 nitrogen and oxygen atoms in total. The van der Waals surface area contributed by atoms with Gasteiger partial charge in [0.05, 0.1) is 77.6 Å². The van der Waals surface area contributed by atoms with Crippen LogP contribution in [0.1, 0.15) is 29.0 Å². The van der Waals surface area contributed by atoms with Crippen LogP contribution in [0.2, 0.25) is 10.0 Å². The van der Waals surface area contributed by atoms with E-state index in [4.69, 9.17) is 51.6 Å². The van der Waals surface area contributed by atoms with Gasteiger partial charge in [-0.1, -0.05) is 35.3 Å². The maximum atomic E-state index is 12.8. The Morgan fingerprint density at radius 1 is 0.830 bits per heavy atom. The molecule has 0 aromatic heterocycles. The molecule has 0 spiro atoms. The summed E-state index contributed by atoms with van der Waals surface area (Å²) in [5, 5.41) is 3.99. The first-order valence-corrected chi connectivity index (χ1v) is 17.9. The average molecular weight is 721 g/mol. The molecule has 1 heterocycles. The van der Waals surface area contributed by atoms with Gasteiger partial charge in [-0.25, -0.2) is 13.1 Å². The number of halogens is 2. The minimum atomic E-state index is -3.69. The fourth-order valence-corrected chi connectivity index (χ4v) is 6.45. The largest absolute Gasteiger partial charge is 0.382 e. The van der Waals surface area contributed by atoms with Crippen molar-refractivity contribution in [2.75, 3.05) is 106 Å². The SMILES string of the molecule is COCCOCCOCCC(=O)NCCOCCOCCOCCNS(=O)(=O)c1ccc(C2CN(C)Cc3c(Cl)cc(Cl)cc32)cc1. The van der Waals surface area contributed by atoms with Crippen LogP contribution in [0, 0.1) is 0 Å². The highest BCUT2D eigenvalue weighted by atomic mass is 35.5. The second-order valence-electron chi connectivity index (χ2n) is 10.8. The summed E-state index contributed by atoms with van der Waals surface area (Å²) in [6.07, 6.45) is 0.275. The number of fused-ring (bicyclic) bond motifs is 1. The van der Waals surface area contributed by atoms with Gasteiger partial charge in [-0.2, -0.15) is 0 Å². The third-order valence-electron chi connectivity index (χ3n) is 7.21. The smallest absolute Gasteiger partial charge is 0.240 e. The molecule has 2 N–H and O–H groups in total. The van der Waals surface area contributed by atoms with Gasteiger partial charge in [0.1, 0.15) is 0 Å². The Bertz CT molecular complexity index is 1320. The van der Waals surface area contributed by atoms with Gasteiger partial charge in [0, 0.05) is 55.7 Å². The molecule has 1 atom stereocenters. The number of likely N-dealkylation sites (N-methyl/N-ethyl adjacent to an activating group) is 1. The van der Waals surface area contributed by atoms with Crippen LogP contribution < -0.4 is 10.0 Å². The number of sulfonamides is 1. The number of hydrogen-bond donors (Lipinski definition) is 2. The molecular formula is C32H47Cl2N3O9S. The quantitative estimate of drug-likeness (QED) is 0.156. The second-order valence-corrected chi connectivity index (χ2v) is 13.4. The Morgan fingerprint density at radius 3 is 2.04 bits per heavy atom. The van der Waals surface area contributed by atoms with Crippen molar-refractivity contribution in [2.24, 2.45) is 0 Å². The Hall–Kier alpha value is -1.88. The van der Waals surface area contributed by atoms with E-state index in [9.17, 15) is 13.2 Å².